The third-order valence-electron chi connectivity index (χ3n) is 2.54. The molecule has 0 aliphatic rings. The van der Waals surface area contributed by atoms with Gasteiger partial charge >= 0.3 is 0 Å². The Bertz CT molecular complexity index is 367. The maximum Gasteiger partial charge on any atom is 0.244 e. The van der Waals surface area contributed by atoms with Gasteiger partial charge in [0.15, 0.2) is 5.88 Å². The van der Waals surface area contributed by atoms with E-state index in [0.717, 1.165) is 18.8 Å². The first-order chi connectivity index (χ1) is 9.05. The fourth-order valence-corrected chi connectivity index (χ4v) is 3.23. The molecule has 2 nitrogen and oxygen atoms in total. The normalized spacial score (nSPS) is 12.7. The number of nitrogens with zero attached hydrogens (tertiary/aromatic N) is 1. The zero-order valence-corrected chi connectivity index (χ0v) is 16.8. The Hall–Kier alpha value is -0.666. The summed E-state index contributed by atoms with van der Waals surface area (Å²) < 4.78 is 6.08. The summed E-state index contributed by atoms with van der Waals surface area (Å²) in [5, 5.41) is 0. The minimum atomic E-state index is -1.51. The number of hydrogen-bond acceptors (Lipinski definition) is 2. The summed E-state index contributed by atoms with van der Waals surface area (Å²) in [7, 11) is -0.584. The summed E-state index contributed by atoms with van der Waals surface area (Å²) in [6, 6.07) is 0. The third kappa shape index (κ3) is 11.2. The van der Waals surface area contributed by atoms with Crippen LogP contribution in [0.3, 0.4) is 0 Å². The minimum Gasteiger partial charge on any atom is -0.533 e. The van der Waals surface area contributed by atoms with Gasteiger partial charge in [-0.1, -0.05) is 19.6 Å². The molecular formula is C16H33NOSi2. The van der Waals surface area contributed by atoms with Crippen molar-refractivity contribution in [1.82, 2.24) is 4.90 Å². The summed E-state index contributed by atoms with van der Waals surface area (Å²) in [5.74, 6) is 4.36. The van der Waals surface area contributed by atoms with E-state index < -0.39 is 16.4 Å². The second-order valence-corrected chi connectivity index (χ2v) is 16.5. The summed E-state index contributed by atoms with van der Waals surface area (Å²) in [4.78, 5) is 2.23. The Morgan fingerprint density at radius 2 is 1.70 bits per heavy atom. The number of hydrogen-bond donors (Lipinski definition) is 0. The molecule has 0 bridgehead atoms. The molecule has 0 spiro atoms. The SMILES string of the molecule is C/C=C(\O[Si](C)(C)C)N(C)CCCCC#C[Si](C)(C)C. The van der Waals surface area contributed by atoms with E-state index in [4.69, 9.17) is 4.43 Å². The van der Waals surface area contributed by atoms with Crippen LogP contribution in [0.1, 0.15) is 26.2 Å². The van der Waals surface area contributed by atoms with E-state index >= 15 is 0 Å². The molecule has 0 saturated carbocycles. The molecule has 0 atom stereocenters. The highest BCUT2D eigenvalue weighted by atomic mass is 28.4. The minimum absolute atomic E-state index is 1.03. The van der Waals surface area contributed by atoms with E-state index in [1.54, 1.807) is 0 Å². The van der Waals surface area contributed by atoms with Crippen LogP contribution in [0.4, 0.5) is 0 Å². The lowest BCUT2D eigenvalue weighted by Crippen LogP contribution is -2.31. The monoisotopic (exact) mass is 311 g/mol. The zero-order chi connectivity index (χ0) is 15.8. The van der Waals surface area contributed by atoms with Gasteiger partial charge in [-0.25, -0.2) is 0 Å². The van der Waals surface area contributed by atoms with Crippen molar-refractivity contribution in [2.24, 2.45) is 0 Å². The van der Waals surface area contributed by atoms with E-state index in [1.807, 2.05) is 6.92 Å². The molecule has 0 rings (SSSR count). The highest BCUT2D eigenvalue weighted by Crippen LogP contribution is 2.14. The molecule has 0 fully saturated rings. The molecular weight excluding hydrogens is 278 g/mol. The quantitative estimate of drug-likeness (QED) is 0.293. The molecule has 0 aromatic rings. The second-order valence-electron chi connectivity index (χ2n) is 7.27. The smallest absolute Gasteiger partial charge is 0.244 e. The molecule has 0 heterocycles. The van der Waals surface area contributed by atoms with E-state index in [1.165, 1.54) is 12.8 Å². The maximum absolute atomic E-state index is 6.08. The molecule has 0 unspecified atom stereocenters. The van der Waals surface area contributed by atoms with Crippen molar-refractivity contribution in [1.29, 1.82) is 0 Å². The Labute approximate surface area is 128 Å². The first kappa shape index (κ1) is 19.3. The maximum atomic E-state index is 6.08. The van der Waals surface area contributed by atoms with Crippen molar-refractivity contribution in [3.63, 3.8) is 0 Å². The van der Waals surface area contributed by atoms with Crippen LogP contribution in [0.5, 0.6) is 0 Å². The van der Waals surface area contributed by atoms with Crippen LogP contribution in [-0.4, -0.2) is 34.9 Å². The molecule has 0 N–H and O–H groups in total. The zero-order valence-electron chi connectivity index (χ0n) is 14.8. The van der Waals surface area contributed by atoms with E-state index in [0.29, 0.717) is 0 Å². The van der Waals surface area contributed by atoms with Gasteiger partial charge in [-0.15, -0.1) is 11.5 Å². The van der Waals surface area contributed by atoms with Crippen LogP contribution in [-0.2, 0) is 4.43 Å². The topological polar surface area (TPSA) is 12.5 Å². The van der Waals surface area contributed by atoms with Gasteiger partial charge in [0.05, 0.1) is 0 Å². The summed E-state index contributed by atoms with van der Waals surface area (Å²) in [6.07, 6.45) is 5.44. The lowest BCUT2D eigenvalue weighted by molar-refractivity contribution is 0.240. The standard InChI is InChI=1S/C16H33NOSi2/c1-9-16(18-20(6,7)8)17(2)14-12-10-11-13-15-19(3,4)5/h9H,10-12,14H2,1-8H3/b16-9-. The second kappa shape index (κ2) is 8.58. The van der Waals surface area contributed by atoms with Gasteiger partial charge < -0.3 is 9.33 Å². The fourth-order valence-electron chi connectivity index (χ4n) is 1.67. The van der Waals surface area contributed by atoms with Crippen molar-refractivity contribution in [2.45, 2.75) is 65.5 Å². The van der Waals surface area contributed by atoms with Crippen molar-refractivity contribution in [2.75, 3.05) is 13.6 Å². The average molecular weight is 312 g/mol. The molecule has 20 heavy (non-hydrogen) atoms. The number of unbranched alkanes of at least 4 members (excludes halogenated alkanes) is 2. The Kier molecular flexibility index (Phi) is 8.30. The van der Waals surface area contributed by atoms with Crippen molar-refractivity contribution in [3.05, 3.63) is 12.0 Å². The Balaban J connectivity index is 4.04. The summed E-state index contributed by atoms with van der Waals surface area (Å²) >= 11 is 0. The molecule has 0 saturated heterocycles. The van der Waals surface area contributed by atoms with Crippen LogP contribution in [0, 0.1) is 11.5 Å². The summed E-state index contributed by atoms with van der Waals surface area (Å²) in [6.45, 7) is 16.6. The van der Waals surface area contributed by atoms with Gasteiger partial charge in [0.1, 0.15) is 8.07 Å². The Morgan fingerprint density at radius 1 is 1.10 bits per heavy atom. The van der Waals surface area contributed by atoms with Gasteiger partial charge in [-0.05, 0) is 45.5 Å². The van der Waals surface area contributed by atoms with E-state index in [2.05, 4.69) is 68.8 Å². The first-order valence-corrected chi connectivity index (χ1v) is 14.5. The van der Waals surface area contributed by atoms with Crippen LogP contribution < -0.4 is 0 Å². The fraction of sp³-hybridized carbons (Fsp3) is 0.750. The van der Waals surface area contributed by atoms with Crippen LogP contribution in [0.15, 0.2) is 12.0 Å². The van der Waals surface area contributed by atoms with Gasteiger partial charge in [0.25, 0.3) is 0 Å². The molecule has 116 valence electrons. The third-order valence-corrected chi connectivity index (χ3v) is 4.29. The van der Waals surface area contributed by atoms with Crippen molar-refractivity contribution < 1.29 is 4.43 Å². The van der Waals surface area contributed by atoms with Crippen molar-refractivity contribution >= 4 is 16.4 Å². The highest BCUT2D eigenvalue weighted by molar-refractivity contribution is 6.83. The largest absolute Gasteiger partial charge is 0.533 e. The van der Waals surface area contributed by atoms with Crippen LogP contribution in [0.2, 0.25) is 39.3 Å². The average Bonchev–Trinajstić information content (AvgIpc) is 2.27. The molecule has 0 aliphatic carbocycles. The van der Waals surface area contributed by atoms with Crippen molar-refractivity contribution in [3.8, 4) is 11.5 Å². The predicted molar refractivity (Wildman–Crippen MR) is 95.8 cm³/mol. The molecule has 0 aromatic heterocycles. The molecule has 0 aliphatic heterocycles. The lowest BCUT2D eigenvalue weighted by Gasteiger charge is -2.29. The number of rotatable bonds is 7. The highest BCUT2D eigenvalue weighted by Gasteiger charge is 2.19. The number of allylic oxidation sites excluding steroid dienone is 1. The van der Waals surface area contributed by atoms with Gasteiger partial charge in [-0.3, -0.25) is 0 Å². The molecule has 0 radical (unpaired) electrons. The summed E-state index contributed by atoms with van der Waals surface area (Å²) in [5.41, 5.74) is 3.42. The lowest BCUT2D eigenvalue weighted by atomic mass is 10.2. The van der Waals surface area contributed by atoms with Crippen LogP contribution in [0.25, 0.3) is 0 Å². The first-order valence-electron chi connectivity index (χ1n) is 7.61. The molecule has 0 amide bonds. The Morgan fingerprint density at radius 3 is 2.15 bits per heavy atom. The molecule has 0 aromatic carbocycles. The van der Waals surface area contributed by atoms with E-state index in [-0.39, 0.29) is 0 Å². The van der Waals surface area contributed by atoms with Gasteiger partial charge in [-0.2, -0.15) is 0 Å². The van der Waals surface area contributed by atoms with Gasteiger partial charge in [0, 0.05) is 20.0 Å². The van der Waals surface area contributed by atoms with Gasteiger partial charge in [0.2, 0.25) is 8.32 Å². The molecule has 4 heteroatoms. The van der Waals surface area contributed by atoms with E-state index in [9.17, 15) is 0 Å². The van der Waals surface area contributed by atoms with Crippen LogP contribution >= 0.6 is 0 Å². The predicted octanol–water partition coefficient (Wildman–Crippen LogP) is 4.68.